The first kappa shape index (κ1) is 16.0. The highest BCUT2D eigenvalue weighted by Crippen LogP contribution is 2.32. The van der Waals surface area contributed by atoms with Gasteiger partial charge in [-0.15, -0.1) is 5.10 Å². The van der Waals surface area contributed by atoms with E-state index >= 15 is 0 Å². The number of nitrogens with two attached hydrogens (primary N) is 1. The molecule has 0 amide bonds. The molecule has 2 aliphatic rings. The lowest BCUT2D eigenvalue weighted by Crippen LogP contribution is -2.52. The molecule has 6 nitrogen and oxygen atoms in total. The van der Waals surface area contributed by atoms with Gasteiger partial charge in [-0.2, -0.15) is 0 Å². The first-order valence-corrected chi connectivity index (χ1v) is 8.37. The van der Waals surface area contributed by atoms with E-state index in [-0.39, 0.29) is 11.4 Å². The van der Waals surface area contributed by atoms with Gasteiger partial charge in [-0.25, -0.2) is 9.07 Å². The average molecular weight is 352 g/mol. The molecule has 0 unspecified atom stereocenters. The highest BCUT2D eigenvalue weighted by Gasteiger charge is 2.45. The molecule has 24 heavy (non-hydrogen) atoms. The van der Waals surface area contributed by atoms with Gasteiger partial charge in [-0.05, 0) is 24.6 Å². The fourth-order valence-corrected chi connectivity index (χ4v) is 3.85. The molecule has 0 bridgehead atoms. The number of nitrogens with zero attached hydrogens (tertiary/aromatic N) is 4. The maximum atomic E-state index is 13.2. The summed E-state index contributed by atoms with van der Waals surface area (Å²) in [4.78, 5) is 2.29. The minimum absolute atomic E-state index is 0.158. The number of fused-ring (bicyclic) bond motifs is 1. The largest absolute Gasteiger partial charge is 0.381 e. The number of halogens is 2. The Hall–Kier alpha value is -1.54. The topological polar surface area (TPSA) is 69.2 Å². The zero-order valence-electron chi connectivity index (χ0n) is 13.2. The van der Waals surface area contributed by atoms with E-state index in [0.29, 0.717) is 23.2 Å². The summed E-state index contributed by atoms with van der Waals surface area (Å²) >= 11 is 6.08. The molecule has 1 aromatic heterocycles. The van der Waals surface area contributed by atoms with Crippen LogP contribution in [0.3, 0.4) is 0 Å². The maximum absolute atomic E-state index is 13.2. The molecule has 8 heteroatoms. The summed E-state index contributed by atoms with van der Waals surface area (Å²) in [5, 5.41) is 8.61. The second kappa shape index (κ2) is 6.07. The van der Waals surface area contributed by atoms with Gasteiger partial charge in [-0.1, -0.05) is 16.8 Å². The molecule has 3 heterocycles. The summed E-state index contributed by atoms with van der Waals surface area (Å²) in [5.74, 6) is -0.00735. The third kappa shape index (κ3) is 2.93. The van der Waals surface area contributed by atoms with Crippen LogP contribution in [0.15, 0.2) is 24.4 Å². The van der Waals surface area contributed by atoms with Gasteiger partial charge in [0.05, 0.1) is 29.2 Å². The van der Waals surface area contributed by atoms with Crippen molar-refractivity contribution in [3.63, 3.8) is 0 Å². The van der Waals surface area contributed by atoms with Gasteiger partial charge in [0.2, 0.25) is 0 Å². The molecule has 128 valence electrons. The number of ether oxygens (including phenoxy) is 1. The predicted molar refractivity (Wildman–Crippen MR) is 87.4 cm³/mol. The van der Waals surface area contributed by atoms with Gasteiger partial charge in [0.25, 0.3) is 0 Å². The Kier molecular flexibility index (Phi) is 4.04. The van der Waals surface area contributed by atoms with Crippen LogP contribution in [0.1, 0.15) is 12.1 Å². The van der Waals surface area contributed by atoms with E-state index in [9.17, 15) is 4.39 Å². The molecule has 2 aliphatic heterocycles. The Morgan fingerprint density at radius 2 is 2.33 bits per heavy atom. The summed E-state index contributed by atoms with van der Waals surface area (Å²) in [6.45, 7) is 3.88. The quantitative estimate of drug-likeness (QED) is 0.909. The van der Waals surface area contributed by atoms with Gasteiger partial charge in [-0.3, -0.25) is 4.90 Å². The second-order valence-corrected chi connectivity index (χ2v) is 7.08. The second-order valence-electron chi connectivity index (χ2n) is 6.67. The van der Waals surface area contributed by atoms with Crippen molar-refractivity contribution < 1.29 is 9.13 Å². The molecular weight excluding hydrogens is 333 g/mol. The monoisotopic (exact) mass is 351 g/mol. The molecule has 2 fully saturated rings. The summed E-state index contributed by atoms with van der Waals surface area (Å²) in [5.41, 5.74) is 7.80. The third-order valence-corrected chi connectivity index (χ3v) is 5.23. The van der Waals surface area contributed by atoms with Crippen LogP contribution in [0.2, 0.25) is 5.02 Å². The van der Waals surface area contributed by atoms with Crippen LogP contribution in [0.4, 0.5) is 4.39 Å². The predicted octanol–water partition coefficient (Wildman–Crippen LogP) is 1.61. The standard InChI is InChI=1S/C16H19ClFN5O/c17-14-5-12(18)1-2-15(14)23-8-13(20-21-23)7-22-6-11-9-24-4-3-16(11,19)10-22/h1-2,5,8,11H,3-4,6-7,9-10,19H2/t11-,16+/m0/s1. The highest BCUT2D eigenvalue weighted by molar-refractivity contribution is 6.32. The van der Waals surface area contributed by atoms with Gasteiger partial charge in [0.15, 0.2) is 0 Å². The number of aromatic nitrogens is 3. The fourth-order valence-electron chi connectivity index (χ4n) is 3.60. The number of hydrogen-bond acceptors (Lipinski definition) is 5. The van der Waals surface area contributed by atoms with E-state index in [0.717, 1.165) is 38.4 Å². The molecule has 0 aliphatic carbocycles. The summed E-state index contributed by atoms with van der Waals surface area (Å²) < 4.78 is 20.3. The summed E-state index contributed by atoms with van der Waals surface area (Å²) in [6.07, 6.45) is 2.72. The lowest BCUT2D eigenvalue weighted by molar-refractivity contribution is 0.0241. The molecule has 0 saturated carbocycles. The van der Waals surface area contributed by atoms with Crippen molar-refractivity contribution in [1.82, 2.24) is 19.9 Å². The number of hydrogen-bond donors (Lipinski definition) is 1. The number of rotatable bonds is 3. The first-order chi connectivity index (χ1) is 11.5. The van der Waals surface area contributed by atoms with Crippen molar-refractivity contribution in [1.29, 1.82) is 0 Å². The van der Waals surface area contributed by atoms with Crippen molar-refractivity contribution in [2.24, 2.45) is 11.7 Å². The van der Waals surface area contributed by atoms with E-state index < -0.39 is 0 Å². The van der Waals surface area contributed by atoms with E-state index in [1.54, 1.807) is 10.7 Å². The van der Waals surface area contributed by atoms with Gasteiger partial charge >= 0.3 is 0 Å². The van der Waals surface area contributed by atoms with Crippen LogP contribution in [-0.4, -0.2) is 51.7 Å². The third-order valence-electron chi connectivity index (χ3n) is 4.92. The normalized spacial score (nSPS) is 27.4. The lowest BCUT2D eigenvalue weighted by atomic mass is 9.84. The van der Waals surface area contributed by atoms with Gasteiger partial charge < -0.3 is 10.5 Å². The molecule has 0 spiro atoms. The van der Waals surface area contributed by atoms with Crippen LogP contribution in [0.5, 0.6) is 0 Å². The van der Waals surface area contributed by atoms with Crippen LogP contribution in [0, 0.1) is 11.7 Å². The van der Waals surface area contributed by atoms with E-state index in [2.05, 4.69) is 15.2 Å². The average Bonchev–Trinajstić information content (AvgIpc) is 3.10. The molecule has 2 N–H and O–H groups in total. The van der Waals surface area contributed by atoms with Crippen molar-refractivity contribution in [3.8, 4) is 5.69 Å². The summed E-state index contributed by atoms with van der Waals surface area (Å²) in [6, 6.07) is 4.21. The van der Waals surface area contributed by atoms with Crippen molar-refractivity contribution in [2.75, 3.05) is 26.3 Å². The molecular formula is C16H19ClFN5O. The zero-order valence-corrected chi connectivity index (χ0v) is 13.9. The molecule has 1 aromatic carbocycles. The molecule has 4 rings (SSSR count). The van der Waals surface area contributed by atoms with Gasteiger partial charge in [0.1, 0.15) is 5.82 Å². The number of benzene rings is 1. The first-order valence-electron chi connectivity index (χ1n) is 7.99. The Bertz CT molecular complexity index is 754. The zero-order chi connectivity index (χ0) is 16.7. The maximum Gasteiger partial charge on any atom is 0.124 e. The Morgan fingerprint density at radius 1 is 1.46 bits per heavy atom. The Balaban J connectivity index is 1.48. The molecule has 2 atom stereocenters. The van der Waals surface area contributed by atoms with Crippen LogP contribution in [-0.2, 0) is 11.3 Å². The number of likely N-dealkylation sites (tertiary alicyclic amines) is 1. The van der Waals surface area contributed by atoms with Crippen LogP contribution in [0.25, 0.3) is 5.69 Å². The fraction of sp³-hybridized carbons (Fsp3) is 0.500. The Morgan fingerprint density at radius 3 is 3.12 bits per heavy atom. The molecule has 2 saturated heterocycles. The van der Waals surface area contributed by atoms with E-state index in [4.69, 9.17) is 22.1 Å². The van der Waals surface area contributed by atoms with Crippen molar-refractivity contribution in [2.45, 2.75) is 18.5 Å². The van der Waals surface area contributed by atoms with Gasteiger partial charge in [0, 0.05) is 37.7 Å². The summed E-state index contributed by atoms with van der Waals surface area (Å²) in [7, 11) is 0. The van der Waals surface area contributed by atoms with Crippen molar-refractivity contribution in [3.05, 3.63) is 40.9 Å². The van der Waals surface area contributed by atoms with Crippen molar-refractivity contribution >= 4 is 11.6 Å². The van der Waals surface area contributed by atoms with E-state index in [1.807, 2.05) is 6.20 Å². The van der Waals surface area contributed by atoms with Crippen LogP contribution >= 0.6 is 11.6 Å². The Labute approximate surface area is 144 Å². The molecule has 0 radical (unpaired) electrons. The molecule has 2 aromatic rings. The minimum Gasteiger partial charge on any atom is -0.381 e. The minimum atomic E-state index is -0.376. The smallest absolute Gasteiger partial charge is 0.124 e. The highest BCUT2D eigenvalue weighted by atomic mass is 35.5. The van der Waals surface area contributed by atoms with E-state index in [1.165, 1.54) is 12.1 Å². The lowest BCUT2D eigenvalue weighted by Gasteiger charge is -2.34. The SMILES string of the molecule is N[C@@]12CCOC[C@@H]1CN(Cc1cn(-c3ccc(F)cc3Cl)nn1)C2. The van der Waals surface area contributed by atoms with Crippen LogP contribution < -0.4 is 5.73 Å².